The minimum atomic E-state index is -1.09. The summed E-state index contributed by atoms with van der Waals surface area (Å²) in [6.07, 6.45) is 16.4. The number of aryl methyl sites for hydroxylation is 1. The van der Waals surface area contributed by atoms with E-state index in [0.29, 0.717) is 30.5 Å². The molecule has 2 heterocycles. The van der Waals surface area contributed by atoms with E-state index in [1.165, 1.54) is 19.2 Å². The second-order valence-corrected chi connectivity index (χ2v) is 8.34. The molecule has 1 aliphatic rings. The van der Waals surface area contributed by atoms with Crippen LogP contribution < -0.4 is 10.6 Å². The molecule has 2 amide bonds. The summed E-state index contributed by atoms with van der Waals surface area (Å²) in [5.41, 5.74) is 0. The zero-order chi connectivity index (χ0) is 19.2. The van der Waals surface area contributed by atoms with E-state index < -0.39 is 11.2 Å². The van der Waals surface area contributed by atoms with Gasteiger partial charge < -0.3 is 15.2 Å². The Morgan fingerprint density at radius 2 is 1.59 bits per heavy atom. The zero-order valence-electron chi connectivity index (χ0n) is 16.2. The number of rotatable bonds is 0. The van der Waals surface area contributed by atoms with Crippen molar-refractivity contribution in [3.63, 3.8) is 0 Å². The first-order chi connectivity index (χ1) is 13.3. The topological polar surface area (TPSA) is 94.9 Å². The summed E-state index contributed by atoms with van der Waals surface area (Å²) < 4.78 is 14.2. The van der Waals surface area contributed by atoms with E-state index in [1.807, 2.05) is 0 Å². The molecular formula is C19H33N5O2S. The molecule has 1 aromatic rings. The fourth-order valence-electron chi connectivity index (χ4n) is 3.00. The highest BCUT2D eigenvalue weighted by molar-refractivity contribution is 7.91. The van der Waals surface area contributed by atoms with E-state index in [2.05, 4.69) is 32.9 Å². The van der Waals surface area contributed by atoms with Gasteiger partial charge in [-0.2, -0.15) is 10.1 Å². The first kappa shape index (κ1) is 21.8. The summed E-state index contributed by atoms with van der Waals surface area (Å²) in [5.74, 6) is 0.649. The van der Waals surface area contributed by atoms with Crippen LogP contribution in [-0.4, -0.2) is 44.2 Å². The van der Waals surface area contributed by atoms with Gasteiger partial charge >= 0.3 is 11.2 Å². The molecule has 8 heteroatoms. The van der Waals surface area contributed by atoms with Gasteiger partial charge in [0.1, 0.15) is 12.1 Å². The van der Waals surface area contributed by atoms with Crippen molar-refractivity contribution < 1.29 is 9.35 Å². The third-order valence-electron chi connectivity index (χ3n) is 4.57. The van der Waals surface area contributed by atoms with Crippen molar-refractivity contribution in [1.82, 2.24) is 25.4 Å². The van der Waals surface area contributed by atoms with Crippen molar-refractivity contribution >= 4 is 17.2 Å². The molecule has 1 unspecified atom stereocenters. The van der Waals surface area contributed by atoms with Crippen LogP contribution in [0.15, 0.2) is 23.6 Å². The monoisotopic (exact) mass is 395 g/mol. The Labute approximate surface area is 165 Å². The molecule has 0 aromatic carbocycles. The van der Waals surface area contributed by atoms with E-state index in [1.54, 1.807) is 4.68 Å². The van der Waals surface area contributed by atoms with Crippen molar-refractivity contribution in [2.75, 3.05) is 18.8 Å². The van der Waals surface area contributed by atoms with Crippen molar-refractivity contribution in [2.45, 2.75) is 75.9 Å². The van der Waals surface area contributed by atoms with E-state index >= 15 is 0 Å². The Kier molecular flexibility index (Phi) is 11.0. The van der Waals surface area contributed by atoms with E-state index in [-0.39, 0.29) is 6.03 Å². The minimum absolute atomic E-state index is 0.102. The predicted octanol–water partition coefficient (Wildman–Crippen LogP) is 3.16. The molecule has 0 saturated heterocycles. The van der Waals surface area contributed by atoms with Crippen molar-refractivity contribution in [3.05, 3.63) is 18.5 Å². The lowest BCUT2D eigenvalue weighted by Crippen LogP contribution is -2.36. The van der Waals surface area contributed by atoms with Crippen LogP contribution in [0.1, 0.15) is 64.2 Å². The molecule has 0 saturated carbocycles. The molecule has 1 aromatic heterocycles. The number of carbonyl (C=O) groups is 1. The second-order valence-electron chi connectivity index (χ2n) is 6.88. The molecule has 2 N–H and O–H groups in total. The first-order valence-electron chi connectivity index (χ1n) is 10.2. The maximum Gasteiger partial charge on any atom is 0.341 e. The number of nitrogens with zero attached hydrogens (tertiary/aromatic N) is 3. The third kappa shape index (κ3) is 9.28. The number of allylic oxidation sites excluding steroid dienone is 2. The Morgan fingerprint density at radius 1 is 0.926 bits per heavy atom. The number of hydrogen-bond acceptors (Lipinski definition) is 4. The van der Waals surface area contributed by atoms with Gasteiger partial charge in [0.15, 0.2) is 0 Å². The normalized spacial score (nSPS) is 23.7. The summed E-state index contributed by atoms with van der Waals surface area (Å²) in [4.78, 5) is 15.9. The van der Waals surface area contributed by atoms with Gasteiger partial charge in [-0.15, -0.1) is 0 Å². The molecule has 0 spiro atoms. The standard InChI is InChI=1S/C19H33N5O2S/c25-18-20-13-9-7-5-3-1-2-4-6-8-12-16-27(26)19-22-17-23-24(19)15-11-10-14-21-18/h1,3,17H,2,4-16H2,(H2,20,21,25)/b3-1-. The largest absolute Gasteiger partial charge is 0.609 e. The zero-order valence-corrected chi connectivity index (χ0v) is 17.0. The van der Waals surface area contributed by atoms with Crippen LogP contribution in [0, 0.1) is 0 Å². The van der Waals surface area contributed by atoms with Crippen LogP contribution in [-0.2, 0) is 17.7 Å². The predicted molar refractivity (Wildman–Crippen MR) is 108 cm³/mol. The van der Waals surface area contributed by atoms with Gasteiger partial charge in [0.2, 0.25) is 0 Å². The molecule has 1 aliphatic heterocycles. The van der Waals surface area contributed by atoms with Crippen LogP contribution in [0.2, 0.25) is 0 Å². The number of carbonyl (C=O) groups excluding carboxylic acids is 1. The Hall–Kier alpha value is -1.54. The quantitative estimate of drug-likeness (QED) is 0.521. The van der Waals surface area contributed by atoms with Gasteiger partial charge in [-0.25, -0.2) is 9.48 Å². The lowest BCUT2D eigenvalue weighted by molar-refractivity contribution is 0.240. The second kappa shape index (κ2) is 13.6. The van der Waals surface area contributed by atoms with Crippen molar-refractivity contribution in [3.8, 4) is 0 Å². The summed E-state index contributed by atoms with van der Waals surface area (Å²) >= 11 is -1.09. The molecule has 0 fully saturated rings. The summed E-state index contributed by atoms with van der Waals surface area (Å²) in [5, 5.41) is 10.5. The molecule has 2 rings (SSSR count). The lowest BCUT2D eigenvalue weighted by atomic mass is 10.1. The van der Waals surface area contributed by atoms with Crippen LogP contribution in [0.4, 0.5) is 4.79 Å². The molecule has 1 atom stereocenters. The van der Waals surface area contributed by atoms with Gasteiger partial charge in [-0.3, -0.25) is 0 Å². The summed E-state index contributed by atoms with van der Waals surface area (Å²) in [6, 6.07) is -0.102. The smallest absolute Gasteiger partial charge is 0.341 e. The molecule has 0 radical (unpaired) electrons. The number of urea groups is 1. The van der Waals surface area contributed by atoms with Gasteiger partial charge in [-0.1, -0.05) is 18.6 Å². The van der Waals surface area contributed by atoms with E-state index in [9.17, 15) is 9.35 Å². The Balaban J connectivity index is 1.80. The van der Waals surface area contributed by atoms with Crippen molar-refractivity contribution in [1.29, 1.82) is 0 Å². The molecule has 152 valence electrons. The molecule has 0 aliphatic carbocycles. The van der Waals surface area contributed by atoms with Gasteiger partial charge in [0.05, 0.1) is 0 Å². The Morgan fingerprint density at radius 3 is 2.37 bits per heavy atom. The first-order valence-corrected chi connectivity index (χ1v) is 11.5. The summed E-state index contributed by atoms with van der Waals surface area (Å²) in [6.45, 7) is 2.02. The highest BCUT2D eigenvalue weighted by Crippen LogP contribution is 2.12. The van der Waals surface area contributed by atoms with Crippen LogP contribution >= 0.6 is 0 Å². The SMILES string of the molecule is O=C1NCCCC/C=C\CCCCCC[S+]([O-])c2ncnn2CCCCN1. The van der Waals surface area contributed by atoms with Crippen LogP contribution in [0.3, 0.4) is 0 Å². The van der Waals surface area contributed by atoms with Crippen molar-refractivity contribution in [2.24, 2.45) is 0 Å². The maximum absolute atomic E-state index is 12.5. The number of aromatic nitrogens is 3. The number of fused-ring (bicyclic) bond motifs is 1. The summed E-state index contributed by atoms with van der Waals surface area (Å²) in [7, 11) is 0. The highest BCUT2D eigenvalue weighted by Gasteiger charge is 2.18. The van der Waals surface area contributed by atoms with Crippen LogP contribution in [0.25, 0.3) is 0 Å². The molecule has 0 bridgehead atoms. The van der Waals surface area contributed by atoms with Gasteiger partial charge in [-0.05, 0) is 57.8 Å². The van der Waals surface area contributed by atoms with Crippen LogP contribution in [0.5, 0.6) is 0 Å². The minimum Gasteiger partial charge on any atom is -0.609 e. The van der Waals surface area contributed by atoms with Gasteiger partial charge in [0, 0.05) is 30.8 Å². The number of hydrogen-bond donors (Lipinski definition) is 2. The van der Waals surface area contributed by atoms with E-state index in [4.69, 9.17) is 0 Å². The maximum atomic E-state index is 12.5. The third-order valence-corrected chi connectivity index (χ3v) is 5.95. The molecular weight excluding hydrogens is 362 g/mol. The fourth-order valence-corrected chi connectivity index (χ4v) is 4.19. The highest BCUT2D eigenvalue weighted by atomic mass is 32.2. The fraction of sp³-hybridized carbons (Fsp3) is 0.737. The Bertz CT molecular complexity index is 564. The molecule has 7 nitrogen and oxygen atoms in total. The number of nitrogens with one attached hydrogen (secondary N) is 2. The average Bonchev–Trinajstić information content (AvgIpc) is 3.13. The van der Waals surface area contributed by atoms with E-state index in [0.717, 1.165) is 51.4 Å². The average molecular weight is 396 g/mol. The number of amides is 2. The lowest BCUT2D eigenvalue weighted by Gasteiger charge is -2.11. The van der Waals surface area contributed by atoms with Gasteiger partial charge in [0.25, 0.3) is 0 Å². The molecule has 27 heavy (non-hydrogen) atoms.